The molecular formula is C34H47N3O7. The molecule has 3 unspecified atom stereocenters. The maximum Gasteiger partial charge on any atom is 0.408 e. The number of nitrogens with zero attached hydrogens (tertiary/aromatic N) is 1. The summed E-state index contributed by atoms with van der Waals surface area (Å²) in [6, 6.07) is 11.7. The van der Waals surface area contributed by atoms with Crippen molar-refractivity contribution >= 4 is 23.9 Å². The highest BCUT2D eigenvalue weighted by atomic mass is 16.6. The SMILES string of the molecule is C=CCN(C(=O)C(NC(=O)OC(C)(C)C)C(C)C)C(C(=O)NC(Cc1ccccc1)C(=O)OC(C)(C)C)c1ccccc1O. The number of hydrogen-bond donors (Lipinski definition) is 3. The van der Waals surface area contributed by atoms with E-state index in [1.54, 1.807) is 67.5 Å². The molecule has 0 saturated heterocycles. The Labute approximate surface area is 260 Å². The molecular weight excluding hydrogens is 562 g/mol. The summed E-state index contributed by atoms with van der Waals surface area (Å²) in [5.41, 5.74) is -0.717. The second kappa shape index (κ2) is 15.4. The number of carbonyl (C=O) groups is 4. The fraction of sp³-hybridized carbons (Fsp3) is 0.471. The van der Waals surface area contributed by atoms with Crippen LogP contribution in [0.5, 0.6) is 5.75 Å². The third-order valence-electron chi connectivity index (χ3n) is 6.30. The number of hydrogen-bond acceptors (Lipinski definition) is 7. The molecule has 0 aliphatic heterocycles. The number of rotatable bonds is 12. The Bertz CT molecular complexity index is 1300. The second-order valence-electron chi connectivity index (χ2n) is 12.9. The van der Waals surface area contributed by atoms with Crippen molar-refractivity contribution in [2.24, 2.45) is 5.92 Å². The molecule has 3 atom stereocenters. The number of nitrogens with one attached hydrogen (secondary N) is 2. The van der Waals surface area contributed by atoms with Gasteiger partial charge in [-0.25, -0.2) is 9.59 Å². The lowest BCUT2D eigenvalue weighted by atomic mass is 9.97. The molecule has 0 fully saturated rings. The number of amides is 3. The maximum absolute atomic E-state index is 14.2. The van der Waals surface area contributed by atoms with E-state index >= 15 is 0 Å². The molecule has 0 aromatic heterocycles. The standard InChI is InChI=1S/C34H47N3O7/c1-10-20-37(30(40)27(22(2)3)36-32(42)44-34(7,8)9)28(24-18-14-15-19-26(24)38)29(39)35-25(31(41)43-33(4,5)6)21-23-16-12-11-13-17-23/h10-19,22,25,27-28,38H,1,20-21H2,2-9H3,(H,35,39)(H,36,42). The van der Waals surface area contributed by atoms with Crippen molar-refractivity contribution in [3.8, 4) is 5.75 Å². The van der Waals surface area contributed by atoms with Crippen LogP contribution in [0.2, 0.25) is 0 Å². The van der Waals surface area contributed by atoms with Crippen LogP contribution < -0.4 is 10.6 Å². The van der Waals surface area contributed by atoms with Crippen LogP contribution in [0.15, 0.2) is 67.3 Å². The third kappa shape index (κ3) is 11.1. The highest BCUT2D eigenvalue weighted by Crippen LogP contribution is 2.30. The van der Waals surface area contributed by atoms with Crippen LogP contribution in [0.1, 0.15) is 72.6 Å². The number of phenolic OH excluding ortho intramolecular Hbond substituents is 1. The number of phenols is 1. The summed E-state index contributed by atoms with van der Waals surface area (Å²) in [4.78, 5) is 55.6. The van der Waals surface area contributed by atoms with Crippen molar-refractivity contribution in [2.75, 3.05) is 6.54 Å². The summed E-state index contributed by atoms with van der Waals surface area (Å²) in [5.74, 6) is -2.62. The first kappa shape index (κ1) is 35.9. The molecule has 10 heteroatoms. The predicted molar refractivity (Wildman–Crippen MR) is 169 cm³/mol. The predicted octanol–water partition coefficient (Wildman–Crippen LogP) is 5.07. The minimum atomic E-state index is -1.40. The van der Waals surface area contributed by atoms with Crippen molar-refractivity contribution < 1.29 is 33.8 Å². The van der Waals surface area contributed by atoms with E-state index in [4.69, 9.17) is 9.47 Å². The van der Waals surface area contributed by atoms with Gasteiger partial charge in [-0.15, -0.1) is 6.58 Å². The van der Waals surface area contributed by atoms with Gasteiger partial charge >= 0.3 is 12.1 Å². The van der Waals surface area contributed by atoms with Gasteiger partial charge in [0.25, 0.3) is 0 Å². The van der Waals surface area contributed by atoms with Crippen molar-refractivity contribution in [2.45, 2.75) is 91.1 Å². The molecule has 44 heavy (non-hydrogen) atoms. The first-order valence-corrected chi connectivity index (χ1v) is 14.7. The van der Waals surface area contributed by atoms with Crippen molar-refractivity contribution in [3.05, 3.63) is 78.4 Å². The quantitative estimate of drug-likeness (QED) is 0.226. The van der Waals surface area contributed by atoms with Gasteiger partial charge in [-0.05, 0) is 59.1 Å². The molecule has 10 nitrogen and oxygen atoms in total. The largest absolute Gasteiger partial charge is 0.508 e. The molecule has 0 saturated carbocycles. The fourth-order valence-corrected chi connectivity index (χ4v) is 4.42. The van der Waals surface area contributed by atoms with Crippen molar-refractivity contribution in [1.29, 1.82) is 0 Å². The molecule has 2 aromatic rings. The van der Waals surface area contributed by atoms with Gasteiger partial charge in [-0.2, -0.15) is 0 Å². The van der Waals surface area contributed by atoms with E-state index in [0.717, 1.165) is 5.56 Å². The van der Waals surface area contributed by atoms with E-state index in [-0.39, 0.29) is 24.3 Å². The van der Waals surface area contributed by atoms with E-state index in [0.29, 0.717) is 0 Å². The van der Waals surface area contributed by atoms with Gasteiger partial charge < -0.3 is 30.1 Å². The summed E-state index contributed by atoms with van der Waals surface area (Å²) >= 11 is 0. The number of aromatic hydroxyl groups is 1. The van der Waals surface area contributed by atoms with Crippen LogP contribution in [0.3, 0.4) is 0 Å². The number of ether oxygens (including phenoxy) is 2. The molecule has 3 N–H and O–H groups in total. The zero-order valence-electron chi connectivity index (χ0n) is 27.0. The molecule has 3 amide bonds. The summed E-state index contributed by atoms with van der Waals surface area (Å²) in [7, 11) is 0. The van der Waals surface area contributed by atoms with E-state index in [1.165, 1.54) is 23.1 Å². The summed E-state index contributed by atoms with van der Waals surface area (Å²) in [6.45, 7) is 17.5. The van der Waals surface area contributed by atoms with Crippen LogP contribution in [0, 0.1) is 5.92 Å². The lowest BCUT2D eigenvalue weighted by Gasteiger charge is -2.35. The lowest BCUT2D eigenvalue weighted by Crippen LogP contribution is -2.56. The Morgan fingerprint density at radius 1 is 0.886 bits per heavy atom. The van der Waals surface area contributed by atoms with Crippen molar-refractivity contribution in [1.82, 2.24) is 15.5 Å². The lowest BCUT2D eigenvalue weighted by molar-refractivity contribution is -0.159. The Hall–Kier alpha value is -4.34. The topological polar surface area (TPSA) is 134 Å². The first-order valence-electron chi connectivity index (χ1n) is 14.7. The van der Waals surface area contributed by atoms with Crippen LogP contribution in [-0.2, 0) is 30.3 Å². The van der Waals surface area contributed by atoms with Gasteiger partial charge in [0.2, 0.25) is 11.8 Å². The van der Waals surface area contributed by atoms with E-state index < -0.39 is 59.1 Å². The first-order chi connectivity index (χ1) is 20.4. The van der Waals surface area contributed by atoms with Crippen LogP contribution in [0.25, 0.3) is 0 Å². The highest BCUT2D eigenvalue weighted by molar-refractivity contribution is 5.94. The van der Waals surface area contributed by atoms with Gasteiger partial charge in [0, 0.05) is 18.5 Å². The Balaban J connectivity index is 2.58. The fourth-order valence-electron chi connectivity index (χ4n) is 4.42. The monoisotopic (exact) mass is 609 g/mol. The van der Waals surface area contributed by atoms with Gasteiger partial charge in [0.15, 0.2) is 0 Å². The van der Waals surface area contributed by atoms with E-state index in [9.17, 15) is 24.3 Å². The van der Waals surface area contributed by atoms with E-state index in [2.05, 4.69) is 17.2 Å². The molecule has 0 spiro atoms. The molecule has 2 aromatic carbocycles. The normalized spacial score (nSPS) is 13.7. The zero-order chi connectivity index (χ0) is 33.2. The number of carbonyl (C=O) groups excluding carboxylic acids is 4. The van der Waals surface area contributed by atoms with Crippen molar-refractivity contribution in [3.63, 3.8) is 0 Å². The highest BCUT2D eigenvalue weighted by Gasteiger charge is 2.39. The number of esters is 1. The Kier molecular flexibility index (Phi) is 12.6. The third-order valence-corrected chi connectivity index (χ3v) is 6.30. The molecule has 0 bridgehead atoms. The number of para-hydroxylation sites is 1. The average molecular weight is 610 g/mol. The molecule has 2 rings (SSSR count). The minimum Gasteiger partial charge on any atom is -0.508 e. The Morgan fingerprint density at radius 2 is 1.45 bits per heavy atom. The average Bonchev–Trinajstić information content (AvgIpc) is 2.90. The molecule has 0 aliphatic carbocycles. The van der Waals surface area contributed by atoms with Crippen LogP contribution in [-0.4, -0.2) is 63.7 Å². The molecule has 0 aliphatic rings. The minimum absolute atomic E-state index is 0.111. The molecule has 0 heterocycles. The molecule has 0 radical (unpaired) electrons. The second-order valence-corrected chi connectivity index (χ2v) is 12.9. The zero-order valence-corrected chi connectivity index (χ0v) is 27.0. The summed E-state index contributed by atoms with van der Waals surface area (Å²) < 4.78 is 11.0. The summed E-state index contributed by atoms with van der Waals surface area (Å²) in [6.07, 6.45) is 0.775. The van der Waals surface area contributed by atoms with Gasteiger partial charge in [-0.1, -0.05) is 68.5 Å². The number of benzene rings is 2. The van der Waals surface area contributed by atoms with Gasteiger partial charge in [0.05, 0.1) is 0 Å². The Morgan fingerprint density at radius 3 is 1.98 bits per heavy atom. The van der Waals surface area contributed by atoms with E-state index in [1.807, 2.05) is 30.3 Å². The smallest absolute Gasteiger partial charge is 0.408 e. The van der Waals surface area contributed by atoms with Crippen LogP contribution in [0.4, 0.5) is 4.79 Å². The molecule has 240 valence electrons. The van der Waals surface area contributed by atoms with Crippen LogP contribution >= 0.6 is 0 Å². The number of alkyl carbamates (subject to hydrolysis) is 1. The van der Waals surface area contributed by atoms with Gasteiger partial charge in [0.1, 0.15) is 35.1 Å². The van der Waals surface area contributed by atoms with Gasteiger partial charge in [-0.3, -0.25) is 9.59 Å². The maximum atomic E-state index is 14.2. The summed E-state index contributed by atoms with van der Waals surface area (Å²) in [5, 5.41) is 16.3.